The maximum atomic E-state index is 6.46. The largest absolute Gasteiger partial charge is 0.321 e. The van der Waals surface area contributed by atoms with Crippen molar-refractivity contribution in [3.63, 3.8) is 0 Å². The SMILES string of the molecule is Cc1nn(C)c(Cl)c1CC(C)(N)c1ccc(Br)cc1. The third-order valence-corrected chi connectivity index (χ3v) is 4.32. The van der Waals surface area contributed by atoms with Gasteiger partial charge in [0.05, 0.1) is 5.69 Å². The molecule has 0 aliphatic carbocycles. The van der Waals surface area contributed by atoms with Crippen molar-refractivity contribution in [1.29, 1.82) is 0 Å². The van der Waals surface area contributed by atoms with Crippen molar-refractivity contribution in [2.45, 2.75) is 25.8 Å². The van der Waals surface area contributed by atoms with Gasteiger partial charge in [0.25, 0.3) is 0 Å². The van der Waals surface area contributed by atoms with E-state index in [0.717, 1.165) is 21.3 Å². The Labute approximate surface area is 126 Å². The van der Waals surface area contributed by atoms with E-state index >= 15 is 0 Å². The van der Waals surface area contributed by atoms with Gasteiger partial charge in [0.15, 0.2) is 0 Å². The summed E-state index contributed by atoms with van der Waals surface area (Å²) in [5.41, 5.74) is 9.00. The second kappa shape index (κ2) is 5.27. The molecule has 1 aromatic carbocycles. The number of halogens is 2. The fourth-order valence-corrected chi connectivity index (χ4v) is 2.68. The minimum atomic E-state index is -0.474. The molecule has 0 bridgehead atoms. The van der Waals surface area contributed by atoms with E-state index < -0.39 is 5.54 Å². The lowest BCUT2D eigenvalue weighted by molar-refractivity contribution is 0.490. The minimum absolute atomic E-state index is 0.474. The normalized spacial score (nSPS) is 14.4. The Bertz CT molecular complexity index is 587. The molecule has 1 aromatic heterocycles. The van der Waals surface area contributed by atoms with Crippen LogP contribution in [-0.4, -0.2) is 9.78 Å². The lowest BCUT2D eigenvalue weighted by Gasteiger charge is -2.25. The molecule has 0 aliphatic rings. The van der Waals surface area contributed by atoms with Crippen molar-refractivity contribution < 1.29 is 0 Å². The van der Waals surface area contributed by atoms with Gasteiger partial charge in [0, 0.05) is 22.6 Å². The molecule has 0 radical (unpaired) electrons. The smallest absolute Gasteiger partial charge is 0.130 e. The maximum absolute atomic E-state index is 6.46. The van der Waals surface area contributed by atoms with Crippen LogP contribution in [-0.2, 0) is 19.0 Å². The van der Waals surface area contributed by atoms with Crippen LogP contribution in [0.5, 0.6) is 0 Å². The number of hydrogen-bond acceptors (Lipinski definition) is 2. The van der Waals surface area contributed by atoms with Gasteiger partial charge < -0.3 is 5.73 Å². The minimum Gasteiger partial charge on any atom is -0.321 e. The van der Waals surface area contributed by atoms with E-state index in [1.807, 2.05) is 45.2 Å². The number of benzene rings is 1. The number of aromatic nitrogens is 2. The molecule has 2 aromatic rings. The van der Waals surface area contributed by atoms with Crippen LogP contribution in [0.15, 0.2) is 28.7 Å². The van der Waals surface area contributed by atoms with Crippen LogP contribution in [0.25, 0.3) is 0 Å². The first-order chi connectivity index (χ1) is 8.81. The lowest BCUT2D eigenvalue weighted by atomic mass is 9.87. The van der Waals surface area contributed by atoms with E-state index in [0.29, 0.717) is 11.6 Å². The average Bonchev–Trinajstić information content (AvgIpc) is 2.56. The molecule has 5 heteroatoms. The summed E-state index contributed by atoms with van der Waals surface area (Å²) in [7, 11) is 1.84. The highest BCUT2D eigenvalue weighted by molar-refractivity contribution is 9.10. The van der Waals surface area contributed by atoms with Crippen LogP contribution in [0.3, 0.4) is 0 Å². The van der Waals surface area contributed by atoms with Gasteiger partial charge in [-0.25, -0.2) is 0 Å². The zero-order valence-corrected chi connectivity index (χ0v) is 13.6. The Hall–Kier alpha value is -0.840. The summed E-state index contributed by atoms with van der Waals surface area (Å²) in [6.07, 6.45) is 0.660. The fraction of sp³-hybridized carbons (Fsp3) is 0.357. The Kier molecular flexibility index (Phi) is 4.04. The summed E-state index contributed by atoms with van der Waals surface area (Å²) in [4.78, 5) is 0. The van der Waals surface area contributed by atoms with Crippen molar-refractivity contribution in [3.05, 3.63) is 50.7 Å². The Morgan fingerprint density at radius 1 is 1.37 bits per heavy atom. The van der Waals surface area contributed by atoms with Crippen LogP contribution in [0, 0.1) is 6.92 Å². The molecule has 2 N–H and O–H groups in total. The summed E-state index contributed by atoms with van der Waals surface area (Å²) >= 11 is 9.70. The van der Waals surface area contributed by atoms with Crippen LogP contribution < -0.4 is 5.73 Å². The van der Waals surface area contributed by atoms with E-state index in [2.05, 4.69) is 21.0 Å². The molecule has 0 saturated heterocycles. The van der Waals surface area contributed by atoms with Crippen LogP contribution in [0.1, 0.15) is 23.7 Å². The van der Waals surface area contributed by atoms with Crippen molar-refractivity contribution in [3.8, 4) is 0 Å². The van der Waals surface area contributed by atoms with E-state index in [1.165, 1.54) is 0 Å². The first kappa shape index (κ1) is 14.6. The standard InChI is InChI=1S/C14H17BrClN3/c1-9-12(13(16)19(3)18-9)8-14(2,17)10-4-6-11(15)7-5-10/h4-7H,8,17H2,1-3H3. The second-order valence-corrected chi connectivity index (χ2v) is 6.35. The second-order valence-electron chi connectivity index (χ2n) is 5.08. The third-order valence-electron chi connectivity index (χ3n) is 3.32. The van der Waals surface area contributed by atoms with Gasteiger partial charge in [-0.05, 0) is 38.0 Å². The molecule has 0 fully saturated rings. The predicted octanol–water partition coefficient (Wildman–Crippen LogP) is 3.56. The molecule has 1 atom stereocenters. The van der Waals surface area contributed by atoms with Gasteiger partial charge in [0.1, 0.15) is 5.15 Å². The lowest BCUT2D eigenvalue weighted by Crippen LogP contribution is -2.35. The van der Waals surface area contributed by atoms with Gasteiger partial charge in [-0.1, -0.05) is 39.7 Å². The van der Waals surface area contributed by atoms with Crippen LogP contribution in [0.2, 0.25) is 5.15 Å². The van der Waals surface area contributed by atoms with Crippen molar-refractivity contribution >= 4 is 27.5 Å². The molecule has 0 aliphatic heterocycles. The van der Waals surface area contributed by atoms with E-state index in [9.17, 15) is 0 Å². The zero-order chi connectivity index (χ0) is 14.2. The highest BCUT2D eigenvalue weighted by atomic mass is 79.9. The summed E-state index contributed by atoms with van der Waals surface area (Å²) in [5.74, 6) is 0. The monoisotopic (exact) mass is 341 g/mol. The summed E-state index contributed by atoms with van der Waals surface area (Å²) < 4.78 is 2.73. The quantitative estimate of drug-likeness (QED) is 0.927. The summed E-state index contributed by atoms with van der Waals surface area (Å²) in [6.45, 7) is 3.97. The van der Waals surface area contributed by atoms with Gasteiger partial charge in [-0.2, -0.15) is 5.10 Å². The molecular weight excluding hydrogens is 326 g/mol. The molecule has 102 valence electrons. The number of nitrogens with two attached hydrogens (primary N) is 1. The van der Waals surface area contributed by atoms with E-state index in [4.69, 9.17) is 17.3 Å². The topological polar surface area (TPSA) is 43.8 Å². The third kappa shape index (κ3) is 3.02. The van der Waals surface area contributed by atoms with Crippen LogP contribution >= 0.6 is 27.5 Å². The zero-order valence-electron chi connectivity index (χ0n) is 11.2. The number of aryl methyl sites for hydroxylation is 2. The molecule has 19 heavy (non-hydrogen) atoms. The van der Waals surface area contributed by atoms with Gasteiger partial charge in [-0.15, -0.1) is 0 Å². The van der Waals surface area contributed by atoms with Crippen molar-refractivity contribution in [1.82, 2.24) is 9.78 Å². The van der Waals surface area contributed by atoms with E-state index in [-0.39, 0.29) is 0 Å². The molecule has 0 saturated carbocycles. The summed E-state index contributed by atoms with van der Waals surface area (Å²) in [5, 5.41) is 4.98. The molecule has 0 amide bonds. The van der Waals surface area contributed by atoms with Gasteiger partial charge >= 0.3 is 0 Å². The van der Waals surface area contributed by atoms with E-state index in [1.54, 1.807) is 4.68 Å². The Morgan fingerprint density at radius 2 is 1.95 bits per heavy atom. The highest BCUT2D eigenvalue weighted by Crippen LogP contribution is 2.29. The Balaban J connectivity index is 2.33. The molecule has 3 nitrogen and oxygen atoms in total. The fourth-order valence-electron chi connectivity index (χ4n) is 2.17. The van der Waals surface area contributed by atoms with Crippen LogP contribution in [0.4, 0.5) is 0 Å². The summed E-state index contributed by atoms with van der Waals surface area (Å²) in [6, 6.07) is 8.06. The first-order valence-electron chi connectivity index (χ1n) is 6.04. The number of hydrogen-bond donors (Lipinski definition) is 1. The molecular formula is C14H17BrClN3. The van der Waals surface area contributed by atoms with Gasteiger partial charge in [0.2, 0.25) is 0 Å². The molecule has 2 rings (SSSR count). The average molecular weight is 343 g/mol. The molecule has 1 unspecified atom stereocenters. The first-order valence-corrected chi connectivity index (χ1v) is 7.21. The number of rotatable bonds is 3. The van der Waals surface area contributed by atoms with Gasteiger partial charge in [-0.3, -0.25) is 4.68 Å². The Morgan fingerprint density at radius 3 is 2.42 bits per heavy atom. The molecule has 0 spiro atoms. The maximum Gasteiger partial charge on any atom is 0.130 e. The molecule has 1 heterocycles. The van der Waals surface area contributed by atoms with Crippen molar-refractivity contribution in [2.75, 3.05) is 0 Å². The number of nitrogens with zero attached hydrogens (tertiary/aromatic N) is 2. The highest BCUT2D eigenvalue weighted by Gasteiger charge is 2.25. The van der Waals surface area contributed by atoms with Crippen molar-refractivity contribution in [2.24, 2.45) is 12.8 Å². The predicted molar refractivity (Wildman–Crippen MR) is 82.3 cm³/mol.